The molecule has 2 fully saturated rings. The molecule has 0 bridgehead atoms. The Morgan fingerprint density at radius 3 is 2.39 bits per heavy atom. The molecule has 2 aliphatic rings. The molecule has 6 rings (SSSR count). The van der Waals surface area contributed by atoms with Crippen LogP contribution >= 0.6 is 15.6 Å². The molecule has 4 aromatic heterocycles. The number of ether oxygens (including phenoxy) is 2. The molecule has 4 unspecified atom stereocenters. The molecular weight excluding hydrogens is 662 g/mol. The Morgan fingerprint density at radius 1 is 0.978 bits per heavy atom. The number of fused-ring (bicyclic) bond motifs is 2. The van der Waals surface area contributed by atoms with Gasteiger partial charge in [0.15, 0.2) is 34.6 Å². The number of nitrogens with two attached hydrogens (primary N) is 1. The molecule has 0 radical (unpaired) electrons. The van der Waals surface area contributed by atoms with Crippen LogP contribution in [0.15, 0.2) is 25.3 Å². The van der Waals surface area contributed by atoms with Crippen molar-refractivity contribution in [3.05, 3.63) is 30.8 Å². The fraction of sp³-hybridized carbons (Fsp3) is 0.524. The van der Waals surface area contributed by atoms with Crippen molar-refractivity contribution < 1.29 is 62.2 Å². The number of rotatable bonds is 10. The van der Waals surface area contributed by atoms with Gasteiger partial charge >= 0.3 is 15.6 Å². The number of aliphatic hydroxyl groups is 4. The normalized spacial score (nSPS) is 32.6. The van der Waals surface area contributed by atoms with Crippen molar-refractivity contribution in [1.29, 1.82) is 5.41 Å². The van der Waals surface area contributed by atoms with Crippen LogP contribution in [0.3, 0.4) is 0 Å². The van der Waals surface area contributed by atoms with E-state index in [1.54, 1.807) is 0 Å². The minimum Gasteiger partial charge on any atom is -0.387 e. The van der Waals surface area contributed by atoms with Crippen LogP contribution in [0.5, 0.6) is 0 Å². The number of nitrogens with one attached hydrogen (secondary N) is 2. The minimum absolute atomic E-state index is 0.0467. The van der Waals surface area contributed by atoms with Crippen molar-refractivity contribution >= 4 is 43.8 Å². The lowest BCUT2D eigenvalue weighted by Gasteiger charge is -2.29. The van der Waals surface area contributed by atoms with Crippen molar-refractivity contribution in [2.24, 2.45) is 0 Å². The largest absolute Gasteiger partial charge is 0.481 e. The van der Waals surface area contributed by atoms with E-state index in [0.29, 0.717) is 0 Å². The quantitative estimate of drug-likeness (QED) is 0.0765. The van der Waals surface area contributed by atoms with E-state index in [0.717, 1.165) is 12.7 Å². The maximum absolute atomic E-state index is 12.5. The molecule has 10 atom stereocenters. The Bertz CT molecular complexity index is 1920. The number of hydrogen-bond donors (Lipinski definition) is 9. The van der Waals surface area contributed by atoms with Crippen molar-refractivity contribution in [1.82, 2.24) is 39.0 Å². The van der Waals surface area contributed by atoms with Crippen LogP contribution in [0, 0.1) is 5.41 Å². The SMILES string of the molecule is C[C@]1(n2cnc3c(N)ncnc32)O[C@@H](COP(=O)(O)OP(=O)(O)OC[C@H]2O[C@@H](n3cnc(=N)c4[nH]cnc43)C(O)[C@H]2O)C(O)[C@H]1O. The molecule has 2 saturated heterocycles. The first-order valence-electron chi connectivity index (χ1n) is 13.2. The van der Waals surface area contributed by atoms with E-state index >= 15 is 0 Å². The molecular formula is C21H28N10O13P2. The summed E-state index contributed by atoms with van der Waals surface area (Å²) in [5.41, 5.74) is 4.65. The summed E-state index contributed by atoms with van der Waals surface area (Å²) in [7, 11) is -10.8. The molecule has 0 saturated carbocycles. The number of aliphatic hydroxyl groups excluding tert-OH is 4. The molecule has 0 spiro atoms. The lowest BCUT2D eigenvalue weighted by molar-refractivity contribution is -0.131. The molecule has 25 heteroatoms. The van der Waals surface area contributed by atoms with Gasteiger partial charge in [0, 0.05) is 0 Å². The molecule has 4 aromatic rings. The summed E-state index contributed by atoms with van der Waals surface area (Å²) in [5, 5.41) is 50.2. The highest BCUT2D eigenvalue weighted by Crippen LogP contribution is 2.61. The third-order valence-corrected chi connectivity index (χ3v) is 10.1. The van der Waals surface area contributed by atoms with E-state index in [1.807, 2.05) is 0 Å². The molecule has 6 heterocycles. The second-order valence-corrected chi connectivity index (χ2v) is 13.5. The summed E-state index contributed by atoms with van der Waals surface area (Å²) in [6.07, 6.45) is -6.00. The average molecular weight is 690 g/mol. The molecule has 0 amide bonds. The number of aromatic nitrogens is 8. The van der Waals surface area contributed by atoms with Gasteiger partial charge in [0.05, 0.1) is 25.9 Å². The molecule has 0 aromatic carbocycles. The van der Waals surface area contributed by atoms with E-state index < -0.39 is 77.4 Å². The van der Waals surface area contributed by atoms with Gasteiger partial charge in [-0.1, -0.05) is 0 Å². The molecule has 23 nitrogen and oxygen atoms in total. The maximum Gasteiger partial charge on any atom is 0.481 e. The molecule has 2 aliphatic heterocycles. The predicted octanol–water partition coefficient (Wildman–Crippen LogP) is -2.68. The van der Waals surface area contributed by atoms with Gasteiger partial charge in [-0.05, 0) is 6.92 Å². The first kappa shape index (κ1) is 32.7. The molecule has 250 valence electrons. The van der Waals surface area contributed by atoms with Gasteiger partial charge in [-0.2, -0.15) is 4.31 Å². The van der Waals surface area contributed by atoms with Crippen molar-refractivity contribution in [2.75, 3.05) is 18.9 Å². The topological polar surface area (TPSA) is 342 Å². The highest BCUT2D eigenvalue weighted by atomic mass is 31.3. The zero-order valence-electron chi connectivity index (χ0n) is 23.4. The Kier molecular flexibility index (Phi) is 8.34. The molecule has 10 N–H and O–H groups in total. The van der Waals surface area contributed by atoms with Gasteiger partial charge in [0.25, 0.3) is 0 Å². The number of anilines is 1. The third-order valence-electron chi connectivity index (χ3n) is 7.52. The summed E-state index contributed by atoms with van der Waals surface area (Å²) in [6.45, 7) is -0.435. The minimum atomic E-state index is -5.40. The Labute approximate surface area is 255 Å². The van der Waals surface area contributed by atoms with Crippen molar-refractivity contribution in [3.63, 3.8) is 0 Å². The van der Waals surface area contributed by atoms with Crippen LogP contribution in [0.1, 0.15) is 13.2 Å². The van der Waals surface area contributed by atoms with Gasteiger partial charge in [-0.15, -0.1) is 0 Å². The van der Waals surface area contributed by atoms with Crippen LogP contribution in [0.25, 0.3) is 22.3 Å². The molecule has 46 heavy (non-hydrogen) atoms. The van der Waals surface area contributed by atoms with E-state index in [1.165, 1.54) is 28.7 Å². The van der Waals surface area contributed by atoms with E-state index in [-0.39, 0.29) is 33.6 Å². The Hall–Kier alpha value is -3.28. The molecule has 0 aliphatic carbocycles. The fourth-order valence-electron chi connectivity index (χ4n) is 5.17. The number of imidazole rings is 2. The van der Waals surface area contributed by atoms with Crippen molar-refractivity contribution in [3.8, 4) is 0 Å². The number of phosphoric ester groups is 2. The number of H-pyrrole nitrogens is 1. The summed E-state index contributed by atoms with van der Waals surface area (Å²) < 4.78 is 52.7. The predicted molar refractivity (Wildman–Crippen MR) is 147 cm³/mol. The maximum atomic E-state index is 12.5. The highest BCUT2D eigenvalue weighted by molar-refractivity contribution is 7.61. The Balaban J connectivity index is 1.07. The number of nitrogen functional groups attached to an aromatic ring is 1. The third kappa shape index (κ3) is 5.75. The zero-order valence-corrected chi connectivity index (χ0v) is 25.2. The first-order valence-corrected chi connectivity index (χ1v) is 16.2. The average Bonchev–Trinajstić information content (AvgIpc) is 3.76. The van der Waals surface area contributed by atoms with Gasteiger partial charge < -0.3 is 50.4 Å². The second-order valence-electron chi connectivity index (χ2n) is 10.5. The number of hydrogen-bond acceptors (Lipinski definition) is 18. The van der Waals surface area contributed by atoms with Gasteiger partial charge in [0.2, 0.25) is 0 Å². The fourth-order valence-corrected chi connectivity index (χ4v) is 7.26. The van der Waals surface area contributed by atoms with E-state index in [4.69, 9.17) is 29.7 Å². The number of phosphoric acid groups is 2. The van der Waals surface area contributed by atoms with E-state index in [2.05, 4.69) is 34.2 Å². The van der Waals surface area contributed by atoms with Crippen LogP contribution in [-0.4, -0.2) is 119 Å². The van der Waals surface area contributed by atoms with E-state index in [9.17, 15) is 39.3 Å². The van der Waals surface area contributed by atoms with Crippen molar-refractivity contribution in [2.45, 2.75) is 55.5 Å². The lowest BCUT2D eigenvalue weighted by atomic mass is 10.0. The van der Waals surface area contributed by atoms with Gasteiger partial charge in [-0.25, -0.2) is 34.0 Å². The number of nitrogens with zero attached hydrogens (tertiary/aromatic N) is 7. The summed E-state index contributed by atoms with van der Waals surface area (Å²) >= 11 is 0. The smallest absolute Gasteiger partial charge is 0.387 e. The zero-order chi connectivity index (χ0) is 33.2. The Morgan fingerprint density at radius 2 is 1.67 bits per heavy atom. The summed E-state index contributed by atoms with van der Waals surface area (Å²) in [4.78, 5) is 42.8. The summed E-state index contributed by atoms with van der Waals surface area (Å²) in [5.74, 6) is 0.0467. The van der Waals surface area contributed by atoms with Crippen LogP contribution in [0.4, 0.5) is 5.82 Å². The lowest BCUT2D eigenvalue weighted by Crippen LogP contribution is -2.43. The highest BCUT2D eigenvalue weighted by Gasteiger charge is 2.54. The monoisotopic (exact) mass is 690 g/mol. The standard InChI is InChI=1S/C21H28N10O13P2/c1-21(31-7-28-11-16(22)25-5-27-19(11)31)15(35)13(33)9(43-21)3-41-46(38,39)44-45(36,37)40-2-8-12(32)14(34)20(42-8)30-6-29-17(23)10-18(30)26-4-24-10/h4-9,12-15,20,23,32-35H,2-3H2,1H3,(H,24,26)(H,36,37)(H,38,39)(H2,22,25,27)/t8-,9+,12+,13?,14?,15-,20-,21+/m1/s1. The first-order chi connectivity index (χ1) is 21.6. The summed E-state index contributed by atoms with van der Waals surface area (Å²) in [6, 6.07) is 0. The van der Waals surface area contributed by atoms with Gasteiger partial charge in [0.1, 0.15) is 60.3 Å². The van der Waals surface area contributed by atoms with Crippen LogP contribution in [-0.2, 0) is 37.7 Å². The van der Waals surface area contributed by atoms with Crippen LogP contribution in [0.2, 0.25) is 0 Å². The van der Waals surface area contributed by atoms with Gasteiger partial charge in [-0.3, -0.25) is 23.6 Å². The van der Waals surface area contributed by atoms with Crippen LogP contribution < -0.4 is 11.2 Å². The second kappa shape index (κ2) is 11.8. The number of aromatic amines is 1.